The molecule has 0 aliphatic carbocycles. The van der Waals surface area contributed by atoms with Crippen LogP contribution in [0, 0.1) is 0 Å². The Morgan fingerprint density at radius 1 is 0.708 bits per heavy atom. The minimum atomic E-state index is -1.70. The summed E-state index contributed by atoms with van der Waals surface area (Å²) < 4.78 is 20.6. The van der Waals surface area contributed by atoms with Crippen LogP contribution in [-0.4, -0.2) is 117 Å². The van der Waals surface area contributed by atoms with Crippen molar-refractivity contribution < 1.29 is 54.7 Å². The average Bonchev–Trinajstić information content (AvgIpc) is 2.58. The molecule has 2 aliphatic rings. The maximum absolute atomic E-state index is 10.2. The Kier molecular flexibility index (Phi) is 6.87. The smallest absolute Gasteiger partial charge is 0.187 e. The molecule has 2 aliphatic heterocycles. The van der Waals surface area contributed by atoms with Crippen LogP contribution in [0.15, 0.2) is 0 Å². The van der Waals surface area contributed by atoms with E-state index in [0.717, 1.165) is 0 Å². The molecule has 11 heteroatoms. The highest BCUT2D eigenvalue weighted by Crippen LogP contribution is 2.29. The maximum atomic E-state index is 10.2. The molecule has 0 amide bonds. The molecule has 11 nitrogen and oxygen atoms in total. The molecule has 142 valence electrons. The SMILES string of the molecule is CO[C@@H]1OC(CO)[C@H](O)[C@H](O[C@H]2OC(CO)[C@H](O)[C@H](O)C2O)C1O. The predicted molar refractivity (Wildman–Crippen MR) is 73.4 cm³/mol. The third-order valence-corrected chi connectivity index (χ3v) is 4.19. The molecule has 7 N–H and O–H groups in total. The van der Waals surface area contributed by atoms with Gasteiger partial charge in [0, 0.05) is 7.11 Å². The summed E-state index contributed by atoms with van der Waals surface area (Å²) >= 11 is 0. The molecule has 0 spiro atoms. The number of aliphatic hydroxyl groups is 7. The van der Waals surface area contributed by atoms with Gasteiger partial charge in [-0.3, -0.25) is 0 Å². The van der Waals surface area contributed by atoms with Gasteiger partial charge in [-0.25, -0.2) is 0 Å². The standard InChI is InChI=1S/C13H24O11/c1-21-12-10(20)11(7(17)5(3-15)22-12)24-13-9(19)8(18)6(16)4(2-14)23-13/h4-20H,2-3H2,1H3/t4?,5?,6-,7-,8-,9?,10?,11-,12+,13+/m0/s1. The van der Waals surface area contributed by atoms with Gasteiger partial charge in [0.25, 0.3) is 0 Å². The van der Waals surface area contributed by atoms with E-state index < -0.39 is 74.6 Å². The van der Waals surface area contributed by atoms with Crippen LogP contribution in [0.2, 0.25) is 0 Å². The Balaban J connectivity index is 2.14. The Labute approximate surface area is 137 Å². The first kappa shape index (κ1) is 19.9. The molecule has 24 heavy (non-hydrogen) atoms. The van der Waals surface area contributed by atoms with Crippen molar-refractivity contribution in [2.24, 2.45) is 0 Å². The van der Waals surface area contributed by atoms with Gasteiger partial charge < -0.3 is 54.7 Å². The first-order chi connectivity index (χ1) is 11.3. The molecule has 0 saturated carbocycles. The van der Waals surface area contributed by atoms with E-state index in [0.29, 0.717) is 0 Å². The number of methoxy groups -OCH3 is 1. The summed E-state index contributed by atoms with van der Waals surface area (Å²) in [7, 11) is 1.24. The van der Waals surface area contributed by atoms with Crippen LogP contribution in [-0.2, 0) is 18.9 Å². The highest BCUT2D eigenvalue weighted by Gasteiger charge is 2.50. The molecule has 0 aromatic heterocycles. The maximum Gasteiger partial charge on any atom is 0.187 e. The van der Waals surface area contributed by atoms with Crippen LogP contribution < -0.4 is 0 Å². The molecule has 0 aromatic rings. The molecule has 2 saturated heterocycles. The number of hydrogen-bond acceptors (Lipinski definition) is 11. The lowest BCUT2D eigenvalue weighted by Crippen LogP contribution is -2.64. The van der Waals surface area contributed by atoms with E-state index in [-0.39, 0.29) is 0 Å². The fourth-order valence-electron chi connectivity index (χ4n) is 2.74. The van der Waals surface area contributed by atoms with Gasteiger partial charge in [0.1, 0.15) is 48.8 Å². The second-order valence-corrected chi connectivity index (χ2v) is 5.74. The summed E-state index contributed by atoms with van der Waals surface area (Å²) in [6.45, 7) is -1.23. The Hall–Kier alpha value is -0.440. The van der Waals surface area contributed by atoms with Gasteiger partial charge >= 0.3 is 0 Å². The summed E-state index contributed by atoms with van der Waals surface area (Å²) in [5.41, 5.74) is 0. The van der Waals surface area contributed by atoms with Crippen molar-refractivity contribution in [3.05, 3.63) is 0 Å². The quantitative estimate of drug-likeness (QED) is 0.251. The Bertz CT molecular complexity index is 378. The summed E-state index contributed by atoms with van der Waals surface area (Å²) in [4.78, 5) is 0. The first-order valence-electron chi connectivity index (χ1n) is 7.46. The average molecular weight is 356 g/mol. The molecule has 2 fully saturated rings. The normalized spacial score (nSPS) is 50.0. The molecule has 10 atom stereocenters. The monoisotopic (exact) mass is 356 g/mol. The minimum absolute atomic E-state index is 0.581. The summed E-state index contributed by atoms with van der Waals surface area (Å²) in [6.07, 6.45) is -14.4. The van der Waals surface area contributed by atoms with E-state index >= 15 is 0 Å². The zero-order valence-corrected chi connectivity index (χ0v) is 13.0. The highest BCUT2D eigenvalue weighted by atomic mass is 16.7. The van der Waals surface area contributed by atoms with Crippen molar-refractivity contribution >= 4 is 0 Å². The number of ether oxygens (including phenoxy) is 4. The van der Waals surface area contributed by atoms with Gasteiger partial charge in [-0.2, -0.15) is 0 Å². The molecular weight excluding hydrogens is 332 g/mol. The second kappa shape index (κ2) is 8.29. The lowest BCUT2D eigenvalue weighted by molar-refractivity contribution is -0.358. The molecule has 0 radical (unpaired) electrons. The second-order valence-electron chi connectivity index (χ2n) is 5.74. The van der Waals surface area contributed by atoms with Crippen molar-refractivity contribution in [1.82, 2.24) is 0 Å². The van der Waals surface area contributed by atoms with Crippen molar-refractivity contribution in [2.75, 3.05) is 20.3 Å². The van der Waals surface area contributed by atoms with Gasteiger partial charge in [-0.05, 0) is 0 Å². The predicted octanol–water partition coefficient (Wildman–Crippen LogP) is -4.74. The summed E-state index contributed by atoms with van der Waals surface area (Å²) in [5.74, 6) is 0. The summed E-state index contributed by atoms with van der Waals surface area (Å²) in [5, 5.41) is 68.1. The van der Waals surface area contributed by atoms with Crippen LogP contribution in [0.1, 0.15) is 0 Å². The number of aliphatic hydroxyl groups excluding tert-OH is 7. The largest absolute Gasteiger partial charge is 0.394 e. The fraction of sp³-hybridized carbons (Fsp3) is 1.00. The number of rotatable bonds is 5. The molecule has 0 aromatic carbocycles. The molecule has 4 unspecified atom stereocenters. The third-order valence-electron chi connectivity index (χ3n) is 4.19. The van der Waals surface area contributed by atoms with Gasteiger partial charge in [0.15, 0.2) is 12.6 Å². The van der Waals surface area contributed by atoms with Crippen molar-refractivity contribution in [3.8, 4) is 0 Å². The minimum Gasteiger partial charge on any atom is -0.394 e. The van der Waals surface area contributed by atoms with Crippen LogP contribution in [0.3, 0.4) is 0 Å². The first-order valence-corrected chi connectivity index (χ1v) is 7.46. The van der Waals surface area contributed by atoms with E-state index in [1.54, 1.807) is 0 Å². The zero-order valence-electron chi connectivity index (χ0n) is 13.0. The van der Waals surface area contributed by atoms with E-state index in [1.165, 1.54) is 7.11 Å². The third kappa shape index (κ3) is 3.71. The fourth-order valence-corrected chi connectivity index (χ4v) is 2.74. The van der Waals surface area contributed by atoms with Gasteiger partial charge in [0.05, 0.1) is 13.2 Å². The molecular formula is C13H24O11. The molecule has 0 bridgehead atoms. The number of hydrogen-bond donors (Lipinski definition) is 7. The van der Waals surface area contributed by atoms with Crippen LogP contribution in [0.5, 0.6) is 0 Å². The van der Waals surface area contributed by atoms with E-state index in [2.05, 4.69) is 0 Å². The van der Waals surface area contributed by atoms with E-state index in [9.17, 15) is 30.6 Å². The van der Waals surface area contributed by atoms with Crippen LogP contribution >= 0.6 is 0 Å². The van der Waals surface area contributed by atoms with Crippen molar-refractivity contribution in [3.63, 3.8) is 0 Å². The van der Waals surface area contributed by atoms with Crippen molar-refractivity contribution in [1.29, 1.82) is 0 Å². The Morgan fingerprint density at radius 3 is 1.79 bits per heavy atom. The van der Waals surface area contributed by atoms with E-state index in [1.807, 2.05) is 0 Å². The van der Waals surface area contributed by atoms with E-state index in [4.69, 9.17) is 24.1 Å². The lowest BCUT2D eigenvalue weighted by atomic mass is 9.97. The van der Waals surface area contributed by atoms with Gasteiger partial charge in [-0.1, -0.05) is 0 Å². The van der Waals surface area contributed by atoms with Crippen LogP contribution in [0.4, 0.5) is 0 Å². The van der Waals surface area contributed by atoms with Crippen LogP contribution in [0.25, 0.3) is 0 Å². The topological polar surface area (TPSA) is 179 Å². The Morgan fingerprint density at radius 2 is 1.25 bits per heavy atom. The molecule has 2 rings (SSSR count). The van der Waals surface area contributed by atoms with Gasteiger partial charge in [0.2, 0.25) is 0 Å². The molecule has 2 heterocycles. The zero-order chi connectivity index (χ0) is 18.0. The van der Waals surface area contributed by atoms with Crippen molar-refractivity contribution in [2.45, 2.75) is 61.4 Å². The summed E-state index contributed by atoms with van der Waals surface area (Å²) in [6, 6.07) is 0. The highest BCUT2D eigenvalue weighted by molar-refractivity contribution is 4.93. The lowest BCUT2D eigenvalue weighted by Gasteiger charge is -2.45. The van der Waals surface area contributed by atoms with Gasteiger partial charge in [-0.15, -0.1) is 0 Å².